The smallest absolute Gasteiger partial charge is 0.224 e. The first-order chi connectivity index (χ1) is 19.1. The van der Waals surface area contributed by atoms with Crippen molar-refractivity contribution >= 4 is 46.9 Å². The molecule has 0 radical (unpaired) electrons. The molecular weight excluding hydrogens is 500 g/mol. The summed E-state index contributed by atoms with van der Waals surface area (Å²) in [7, 11) is 0. The van der Waals surface area contributed by atoms with Crippen molar-refractivity contribution in [2.75, 3.05) is 10.6 Å². The largest absolute Gasteiger partial charge is 0.326 e. The van der Waals surface area contributed by atoms with E-state index >= 15 is 0 Å². The van der Waals surface area contributed by atoms with E-state index in [4.69, 9.17) is 0 Å². The molecule has 0 bridgehead atoms. The molecule has 0 atom stereocenters. The minimum Gasteiger partial charge on any atom is -0.326 e. The Morgan fingerprint density at radius 1 is 0.600 bits per heavy atom. The first-order valence-electron chi connectivity index (χ1n) is 13.4. The van der Waals surface area contributed by atoms with E-state index in [1.54, 1.807) is 60.7 Å². The van der Waals surface area contributed by atoms with Crippen molar-refractivity contribution in [1.29, 1.82) is 0 Å². The average Bonchev–Trinajstić information content (AvgIpc) is 2.90. The van der Waals surface area contributed by atoms with Gasteiger partial charge in [-0.2, -0.15) is 0 Å². The highest BCUT2D eigenvalue weighted by Crippen LogP contribution is 2.16. The van der Waals surface area contributed by atoms with Crippen molar-refractivity contribution < 1.29 is 19.2 Å². The fourth-order valence-electron chi connectivity index (χ4n) is 3.92. The van der Waals surface area contributed by atoms with Crippen LogP contribution in [-0.4, -0.2) is 23.4 Å². The predicted octanol–water partition coefficient (Wildman–Crippen LogP) is 7.45. The number of anilines is 2. The Hall–Kier alpha value is -4.58. The maximum atomic E-state index is 12.7. The molecule has 0 fully saturated rings. The summed E-state index contributed by atoms with van der Waals surface area (Å²) in [5.74, 6) is 0.00799. The van der Waals surface area contributed by atoms with Gasteiger partial charge in [-0.25, -0.2) is 0 Å². The van der Waals surface area contributed by atoms with Crippen LogP contribution in [0.5, 0.6) is 0 Å². The Bertz CT molecular complexity index is 1310. The maximum Gasteiger partial charge on any atom is 0.224 e. The van der Waals surface area contributed by atoms with E-state index in [0.717, 1.165) is 11.1 Å². The molecule has 3 rings (SSSR count). The molecule has 0 unspecified atom stereocenters. The first-order valence-corrected chi connectivity index (χ1v) is 13.4. The SMILES string of the molecule is CC(C)CC(=O)Nc1cccc(C(=O)C=Cc2ccc(C=CC(=O)c3cccc(NC(=O)CC(C)C)c3)cc2)c1. The van der Waals surface area contributed by atoms with Crippen LogP contribution < -0.4 is 10.6 Å². The molecular formula is C34H36N2O4. The normalized spacial score (nSPS) is 11.3. The number of rotatable bonds is 12. The van der Waals surface area contributed by atoms with E-state index in [-0.39, 0.29) is 35.2 Å². The zero-order valence-corrected chi connectivity index (χ0v) is 23.4. The zero-order valence-electron chi connectivity index (χ0n) is 23.4. The molecule has 3 aromatic rings. The van der Waals surface area contributed by atoms with Crippen LogP contribution in [0.2, 0.25) is 0 Å². The first kappa shape index (κ1) is 30.0. The number of ketones is 2. The quantitative estimate of drug-likeness (QED) is 0.186. The lowest BCUT2D eigenvalue weighted by Crippen LogP contribution is -2.14. The van der Waals surface area contributed by atoms with Gasteiger partial charge in [0.25, 0.3) is 0 Å². The maximum absolute atomic E-state index is 12.7. The number of hydrogen-bond acceptors (Lipinski definition) is 4. The molecule has 0 saturated carbocycles. The predicted molar refractivity (Wildman–Crippen MR) is 162 cm³/mol. The number of carbonyl (C=O) groups is 4. The fraction of sp³-hybridized carbons (Fsp3) is 0.235. The Balaban J connectivity index is 1.58. The van der Waals surface area contributed by atoms with E-state index in [9.17, 15) is 19.2 Å². The van der Waals surface area contributed by atoms with Crippen LogP contribution in [0.3, 0.4) is 0 Å². The summed E-state index contributed by atoms with van der Waals surface area (Å²) in [5.41, 5.74) is 3.84. The van der Waals surface area contributed by atoms with Gasteiger partial charge >= 0.3 is 0 Å². The standard InChI is InChI=1S/C34H36N2O4/c1-23(2)19-33(39)35-29-9-5-7-27(21-29)31(37)17-15-25-11-13-26(14-12-25)16-18-32(38)28-8-6-10-30(22-28)36-34(40)20-24(3)4/h5-18,21-24H,19-20H2,1-4H3,(H,35,39)(H,36,40). The minimum atomic E-state index is -0.169. The summed E-state index contributed by atoms with van der Waals surface area (Å²) >= 11 is 0. The summed E-state index contributed by atoms with van der Waals surface area (Å²) in [6.07, 6.45) is 7.28. The molecule has 206 valence electrons. The third kappa shape index (κ3) is 9.95. The summed E-state index contributed by atoms with van der Waals surface area (Å²) < 4.78 is 0. The number of benzene rings is 3. The second-order valence-electron chi connectivity index (χ2n) is 10.5. The fourth-order valence-corrected chi connectivity index (χ4v) is 3.92. The van der Waals surface area contributed by atoms with E-state index in [0.29, 0.717) is 35.3 Å². The van der Waals surface area contributed by atoms with Crippen LogP contribution in [0.4, 0.5) is 11.4 Å². The van der Waals surface area contributed by atoms with Gasteiger partial charge in [-0.15, -0.1) is 0 Å². The van der Waals surface area contributed by atoms with Gasteiger partial charge in [0.1, 0.15) is 0 Å². The van der Waals surface area contributed by atoms with Crippen LogP contribution in [-0.2, 0) is 9.59 Å². The summed E-state index contributed by atoms with van der Waals surface area (Å²) in [6, 6.07) is 21.2. The van der Waals surface area contributed by atoms with Crippen molar-refractivity contribution in [2.24, 2.45) is 11.8 Å². The van der Waals surface area contributed by atoms with E-state index < -0.39 is 0 Å². The third-order valence-electron chi connectivity index (χ3n) is 5.84. The molecule has 2 N–H and O–H groups in total. The van der Waals surface area contributed by atoms with Gasteiger partial charge in [-0.1, -0.05) is 88.4 Å². The van der Waals surface area contributed by atoms with Crippen molar-refractivity contribution in [3.05, 3.63) is 107 Å². The van der Waals surface area contributed by atoms with Gasteiger partial charge in [-0.05, 0) is 59.4 Å². The van der Waals surface area contributed by atoms with Gasteiger partial charge in [0.05, 0.1) is 0 Å². The molecule has 0 aliphatic heterocycles. The van der Waals surface area contributed by atoms with E-state index in [2.05, 4.69) is 10.6 Å². The number of amides is 2. The second-order valence-corrected chi connectivity index (χ2v) is 10.5. The van der Waals surface area contributed by atoms with Crippen LogP contribution in [0, 0.1) is 11.8 Å². The van der Waals surface area contributed by atoms with Crippen LogP contribution in [0.1, 0.15) is 72.4 Å². The lowest BCUT2D eigenvalue weighted by Gasteiger charge is -2.08. The van der Waals surface area contributed by atoms with Crippen LogP contribution in [0.25, 0.3) is 12.2 Å². The number of hydrogen-bond donors (Lipinski definition) is 2. The highest BCUT2D eigenvalue weighted by Gasteiger charge is 2.09. The van der Waals surface area contributed by atoms with Gasteiger partial charge in [0.15, 0.2) is 11.6 Å². The lowest BCUT2D eigenvalue weighted by atomic mass is 10.1. The Morgan fingerprint density at radius 3 is 1.32 bits per heavy atom. The van der Waals surface area contributed by atoms with Crippen molar-refractivity contribution in [2.45, 2.75) is 40.5 Å². The van der Waals surface area contributed by atoms with Gasteiger partial charge in [-0.3, -0.25) is 19.2 Å². The molecule has 0 aromatic heterocycles. The molecule has 3 aromatic carbocycles. The highest BCUT2D eigenvalue weighted by atomic mass is 16.2. The highest BCUT2D eigenvalue weighted by molar-refractivity contribution is 6.08. The molecule has 40 heavy (non-hydrogen) atoms. The lowest BCUT2D eigenvalue weighted by molar-refractivity contribution is -0.117. The zero-order chi connectivity index (χ0) is 29.1. The Kier molecular flexibility index (Phi) is 10.9. The topological polar surface area (TPSA) is 92.3 Å². The molecule has 0 heterocycles. The molecule has 6 nitrogen and oxygen atoms in total. The summed E-state index contributed by atoms with van der Waals surface area (Å²) in [5, 5.41) is 5.67. The third-order valence-corrected chi connectivity index (χ3v) is 5.84. The molecule has 0 aliphatic carbocycles. The van der Waals surface area contributed by atoms with Crippen molar-refractivity contribution in [1.82, 2.24) is 0 Å². The number of allylic oxidation sites excluding steroid dienone is 2. The van der Waals surface area contributed by atoms with Gasteiger partial charge in [0.2, 0.25) is 11.8 Å². The van der Waals surface area contributed by atoms with E-state index in [1.165, 1.54) is 12.2 Å². The van der Waals surface area contributed by atoms with Gasteiger partial charge < -0.3 is 10.6 Å². The van der Waals surface area contributed by atoms with Crippen LogP contribution >= 0.6 is 0 Å². The molecule has 0 saturated heterocycles. The van der Waals surface area contributed by atoms with E-state index in [1.807, 2.05) is 52.0 Å². The second kappa shape index (κ2) is 14.5. The Labute approximate surface area is 236 Å². The summed E-state index contributed by atoms with van der Waals surface area (Å²) in [6.45, 7) is 7.91. The summed E-state index contributed by atoms with van der Waals surface area (Å²) in [4.78, 5) is 49.4. The minimum absolute atomic E-state index is 0.0786. The number of carbonyl (C=O) groups excluding carboxylic acids is 4. The molecule has 6 heteroatoms. The van der Waals surface area contributed by atoms with Crippen molar-refractivity contribution in [3.63, 3.8) is 0 Å². The number of nitrogens with one attached hydrogen (secondary N) is 2. The van der Waals surface area contributed by atoms with Crippen LogP contribution in [0.15, 0.2) is 84.9 Å². The monoisotopic (exact) mass is 536 g/mol. The average molecular weight is 537 g/mol. The van der Waals surface area contributed by atoms with Gasteiger partial charge in [0, 0.05) is 35.3 Å². The molecule has 0 spiro atoms. The Morgan fingerprint density at radius 2 is 0.975 bits per heavy atom. The molecule has 2 amide bonds. The van der Waals surface area contributed by atoms with Crippen molar-refractivity contribution in [3.8, 4) is 0 Å². The molecule has 0 aliphatic rings.